The van der Waals surface area contributed by atoms with Crippen LogP contribution in [0.3, 0.4) is 0 Å². The summed E-state index contributed by atoms with van der Waals surface area (Å²) in [5, 5.41) is 4.20. The fraction of sp³-hybridized carbons (Fsp3) is 0.500. The average Bonchev–Trinajstić information content (AvgIpc) is 2.41. The number of methoxy groups -OCH3 is 1. The number of carbonyl (C=O) groups excluding carboxylic acids is 1. The third kappa shape index (κ3) is 3.47. The summed E-state index contributed by atoms with van der Waals surface area (Å²) in [6.07, 6.45) is 2.63. The van der Waals surface area contributed by atoms with Crippen LogP contribution in [0.5, 0.6) is 0 Å². The summed E-state index contributed by atoms with van der Waals surface area (Å²) >= 11 is 5.86. The summed E-state index contributed by atoms with van der Waals surface area (Å²) in [6.45, 7) is 0.873. The van der Waals surface area contributed by atoms with Crippen LogP contribution in [0.2, 0.25) is 5.02 Å². The molecule has 1 saturated heterocycles. The summed E-state index contributed by atoms with van der Waals surface area (Å²) in [5.41, 5.74) is 1.24. The molecule has 2 rings (SSSR count). The van der Waals surface area contributed by atoms with Crippen molar-refractivity contribution in [2.45, 2.75) is 25.3 Å². The largest absolute Gasteiger partial charge is 0.469 e. The van der Waals surface area contributed by atoms with Crippen molar-refractivity contribution in [3.8, 4) is 0 Å². The van der Waals surface area contributed by atoms with Crippen molar-refractivity contribution in [1.82, 2.24) is 5.32 Å². The molecule has 4 heteroatoms. The second-order valence-corrected chi connectivity index (χ2v) is 5.16. The van der Waals surface area contributed by atoms with Gasteiger partial charge in [-0.1, -0.05) is 23.7 Å². The van der Waals surface area contributed by atoms with Gasteiger partial charge in [0.2, 0.25) is 0 Å². The lowest BCUT2D eigenvalue weighted by Gasteiger charge is -2.28. The molecule has 1 heterocycles. The van der Waals surface area contributed by atoms with Gasteiger partial charge in [-0.05, 0) is 43.5 Å². The minimum Gasteiger partial charge on any atom is -0.469 e. The van der Waals surface area contributed by atoms with Gasteiger partial charge in [0.15, 0.2) is 0 Å². The Balaban J connectivity index is 1.93. The number of hydrogen-bond donors (Lipinski definition) is 1. The molecule has 1 aliphatic rings. The molecule has 3 nitrogen and oxygen atoms in total. The minimum absolute atomic E-state index is 0.0357. The summed E-state index contributed by atoms with van der Waals surface area (Å²) in [6, 6.07) is 8.20. The van der Waals surface area contributed by atoms with Crippen LogP contribution in [0.1, 0.15) is 18.4 Å². The van der Waals surface area contributed by atoms with Crippen LogP contribution in [-0.4, -0.2) is 25.7 Å². The van der Waals surface area contributed by atoms with E-state index in [-0.39, 0.29) is 11.9 Å². The van der Waals surface area contributed by atoms with Crippen LogP contribution in [0, 0.1) is 5.92 Å². The second-order valence-electron chi connectivity index (χ2n) is 4.73. The Kier molecular flexibility index (Phi) is 4.61. The lowest BCUT2D eigenvalue weighted by Crippen LogP contribution is -2.42. The van der Waals surface area contributed by atoms with E-state index < -0.39 is 0 Å². The van der Waals surface area contributed by atoms with Gasteiger partial charge in [-0.3, -0.25) is 4.79 Å². The first-order valence-corrected chi connectivity index (χ1v) is 6.62. The van der Waals surface area contributed by atoms with Crippen LogP contribution in [-0.2, 0) is 16.0 Å². The number of nitrogens with one attached hydrogen (secondary N) is 1. The fourth-order valence-corrected chi connectivity index (χ4v) is 2.57. The lowest BCUT2D eigenvalue weighted by molar-refractivity contribution is -0.146. The van der Waals surface area contributed by atoms with E-state index in [1.165, 1.54) is 12.7 Å². The van der Waals surface area contributed by atoms with E-state index in [2.05, 4.69) is 5.32 Å². The number of carbonyl (C=O) groups is 1. The highest BCUT2D eigenvalue weighted by Gasteiger charge is 2.27. The van der Waals surface area contributed by atoms with E-state index in [1.54, 1.807) is 0 Å². The van der Waals surface area contributed by atoms with Crippen molar-refractivity contribution >= 4 is 17.6 Å². The van der Waals surface area contributed by atoms with Crippen LogP contribution in [0.25, 0.3) is 0 Å². The standard InChI is InChI=1S/C14H18ClNO2/c1-18-14(17)11-6-7-16-13(9-11)8-10-2-4-12(15)5-3-10/h2-5,11,13,16H,6-9H2,1H3. The van der Waals surface area contributed by atoms with Crippen LogP contribution in [0.15, 0.2) is 24.3 Å². The van der Waals surface area contributed by atoms with E-state index in [1.807, 2.05) is 24.3 Å². The van der Waals surface area contributed by atoms with Crippen molar-refractivity contribution in [1.29, 1.82) is 0 Å². The van der Waals surface area contributed by atoms with Crippen LogP contribution < -0.4 is 5.32 Å². The zero-order valence-electron chi connectivity index (χ0n) is 10.5. The highest BCUT2D eigenvalue weighted by molar-refractivity contribution is 6.30. The van der Waals surface area contributed by atoms with Gasteiger partial charge in [0.25, 0.3) is 0 Å². The normalized spacial score (nSPS) is 23.7. The number of rotatable bonds is 3. The van der Waals surface area contributed by atoms with E-state index in [9.17, 15) is 4.79 Å². The zero-order valence-corrected chi connectivity index (χ0v) is 11.2. The number of ether oxygens (including phenoxy) is 1. The van der Waals surface area contributed by atoms with Crippen molar-refractivity contribution in [3.63, 3.8) is 0 Å². The van der Waals surface area contributed by atoms with E-state index in [0.717, 1.165) is 30.8 Å². The molecule has 0 saturated carbocycles. The van der Waals surface area contributed by atoms with E-state index in [4.69, 9.17) is 16.3 Å². The molecule has 18 heavy (non-hydrogen) atoms. The predicted octanol–water partition coefficient (Wildman–Crippen LogP) is 2.42. The molecule has 2 atom stereocenters. The molecular weight excluding hydrogens is 250 g/mol. The van der Waals surface area contributed by atoms with Crippen LogP contribution in [0.4, 0.5) is 0 Å². The molecule has 0 radical (unpaired) electrons. The molecule has 1 aliphatic heterocycles. The topological polar surface area (TPSA) is 38.3 Å². The Labute approximate surface area is 112 Å². The molecule has 1 N–H and O–H groups in total. The monoisotopic (exact) mass is 267 g/mol. The predicted molar refractivity (Wildman–Crippen MR) is 71.7 cm³/mol. The highest BCUT2D eigenvalue weighted by atomic mass is 35.5. The Morgan fingerprint density at radius 3 is 2.83 bits per heavy atom. The summed E-state index contributed by atoms with van der Waals surface area (Å²) < 4.78 is 4.82. The highest BCUT2D eigenvalue weighted by Crippen LogP contribution is 2.20. The van der Waals surface area contributed by atoms with Crippen molar-refractivity contribution in [2.24, 2.45) is 5.92 Å². The zero-order chi connectivity index (χ0) is 13.0. The first-order valence-electron chi connectivity index (χ1n) is 6.24. The Hall–Kier alpha value is -1.06. The molecule has 98 valence electrons. The third-order valence-electron chi connectivity index (χ3n) is 3.42. The number of halogens is 1. The first kappa shape index (κ1) is 13.4. The molecule has 0 aromatic heterocycles. The molecule has 0 aliphatic carbocycles. The summed E-state index contributed by atoms with van der Waals surface area (Å²) in [5.74, 6) is -0.0499. The van der Waals surface area contributed by atoms with Gasteiger partial charge < -0.3 is 10.1 Å². The Bertz CT molecular complexity index is 405. The second kappa shape index (κ2) is 6.21. The summed E-state index contributed by atoms with van der Waals surface area (Å²) in [7, 11) is 1.46. The Morgan fingerprint density at radius 1 is 1.44 bits per heavy atom. The van der Waals surface area contributed by atoms with Crippen molar-refractivity contribution < 1.29 is 9.53 Å². The molecule has 1 aromatic carbocycles. The quantitative estimate of drug-likeness (QED) is 0.855. The molecule has 0 amide bonds. The van der Waals surface area contributed by atoms with Gasteiger partial charge in [0.1, 0.15) is 0 Å². The van der Waals surface area contributed by atoms with Gasteiger partial charge in [0, 0.05) is 11.1 Å². The number of benzene rings is 1. The maximum atomic E-state index is 11.5. The fourth-order valence-electron chi connectivity index (χ4n) is 2.45. The Morgan fingerprint density at radius 2 is 2.17 bits per heavy atom. The van der Waals surface area contributed by atoms with Crippen molar-refractivity contribution in [3.05, 3.63) is 34.9 Å². The summed E-state index contributed by atoms with van der Waals surface area (Å²) in [4.78, 5) is 11.5. The van der Waals surface area contributed by atoms with Crippen LogP contribution >= 0.6 is 11.6 Å². The van der Waals surface area contributed by atoms with Crippen molar-refractivity contribution in [2.75, 3.05) is 13.7 Å². The SMILES string of the molecule is COC(=O)C1CCNC(Cc2ccc(Cl)cc2)C1. The number of piperidine rings is 1. The molecular formula is C14H18ClNO2. The number of esters is 1. The average molecular weight is 268 g/mol. The molecule has 2 unspecified atom stereocenters. The minimum atomic E-state index is -0.0855. The van der Waals surface area contributed by atoms with Gasteiger partial charge >= 0.3 is 5.97 Å². The number of hydrogen-bond acceptors (Lipinski definition) is 3. The van der Waals surface area contributed by atoms with E-state index >= 15 is 0 Å². The molecule has 1 aromatic rings. The lowest BCUT2D eigenvalue weighted by atomic mass is 9.89. The maximum absolute atomic E-state index is 11.5. The molecule has 0 bridgehead atoms. The molecule has 0 spiro atoms. The smallest absolute Gasteiger partial charge is 0.308 e. The van der Waals surface area contributed by atoms with Gasteiger partial charge in [-0.25, -0.2) is 0 Å². The first-order chi connectivity index (χ1) is 8.69. The van der Waals surface area contributed by atoms with E-state index in [0.29, 0.717) is 6.04 Å². The van der Waals surface area contributed by atoms with Gasteiger partial charge in [-0.2, -0.15) is 0 Å². The van der Waals surface area contributed by atoms with Gasteiger partial charge in [-0.15, -0.1) is 0 Å². The molecule has 1 fully saturated rings. The third-order valence-corrected chi connectivity index (χ3v) is 3.68. The van der Waals surface area contributed by atoms with Gasteiger partial charge in [0.05, 0.1) is 13.0 Å². The maximum Gasteiger partial charge on any atom is 0.308 e.